The Balaban J connectivity index is 1.29. The van der Waals surface area contributed by atoms with Crippen molar-refractivity contribution in [2.24, 2.45) is 5.92 Å². The van der Waals surface area contributed by atoms with Crippen molar-refractivity contribution in [2.75, 3.05) is 40.0 Å². The van der Waals surface area contributed by atoms with Crippen LogP contribution in [0.1, 0.15) is 34.5 Å². The third kappa shape index (κ3) is 5.36. The third-order valence-electron chi connectivity index (χ3n) is 6.85. The van der Waals surface area contributed by atoms with Gasteiger partial charge in [-0.05, 0) is 79.4 Å². The van der Waals surface area contributed by atoms with Gasteiger partial charge in [-0.1, -0.05) is 6.07 Å². The third-order valence-corrected chi connectivity index (χ3v) is 6.85. The zero-order valence-corrected chi connectivity index (χ0v) is 20.1. The molecule has 2 aromatic carbocycles. The number of carbonyl (C=O) groups is 1. The first-order valence-electron chi connectivity index (χ1n) is 12.2. The number of benzene rings is 2. The Morgan fingerprint density at radius 2 is 1.97 bits per heavy atom. The number of fused-ring (bicyclic) bond motifs is 1. The minimum atomic E-state index is -0.145. The van der Waals surface area contributed by atoms with Crippen molar-refractivity contribution in [2.45, 2.75) is 25.9 Å². The van der Waals surface area contributed by atoms with Gasteiger partial charge in [-0.2, -0.15) is 0 Å². The van der Waals surface area contributed by atoms with E-state index in [0.29, 0.717) is 37.1 Å². The van der Waals surface area contributed by atoms with E-state index in [0.717, 1.165) is 55.1 Å². The molecule has 1 N–H and O–H groups in total. The molecule has 0 spiro atoms. The highest BCUT2D eigenvalue weighted by Crippen LogP contribution is 2.29. The molecule has 2 aliphatic rings. The van der Waals surface area contributed by atoms with Gasteiger partial charge in [0.1, 0.15) is 23.9 Å². The number of rotatable bonds is 6. The van der Waals surface area contributed by atoms with E-state index in [2.05, 4.69) is 17.0 Å². The molecular formula is C28H32N2O5. The van der Waals surface area contributed by atoms with Crippen LogP contribution in [0.5, 0.6) is 11.5 Å². The van der Waals surface area contributed by atoms with Crippen molar-refractivity contribution in [3.05, 3.63) is 71.5 Å². The molecule has 1 saturated heterocycles. The largest absolute Gasteiger partial charge is 0.497 e. The molecule has 0 bridgehead atoms. The molecule has 0 saturated carbocycles. The van der Waals surface area contributed by atoms with Crippen LogP contribution in [0.2, 0.25) is 0 Å². The molecule has 0 aliphatic carbocycles. The predicted molar refractivity (Wildman–Crippen MR) is 132 cm³/mol. The summed E-state index contributed by atoms with van der Waals surface area (Å²) in [4.78, 5) is 17.5. The molecule has 5 rings (SSSR count). The molecule has 2 aliphatic heterocycles. The lowest BCUT2D eigenvalue weighted by atomic mass is 9.98. The second kappa shape index (κ2) is 10.5. The Morgan fingerprint density at radius 3 is 2.77 bits per heavy atom. The quantitative estimate of drug-likeness (QED) is 0.575. The molecule has 1 unspecified atom stereocenters. The van der Waals surface area contributed by atoms with Crippen LogP contribution in [0.4, 0.5) is 0 Å². The first-order valence-corrected chi connectivity index (χ1v) is 12.2. The van der Waals surface area contributed by atoms with E-state index in [-0.39, 0.29) is 12.5 Å². The Morgan fingerprint density at radius 1 is 1.11 bits per heavy atom. The summed E-state index contributed by atoms with van der Waals surface area (Å²) in [6.07, 6.45) is 2.21. The molecular weight excluding hydrogens is 444 g/mol. The summed E-state index contributed by atoms with van der Waals surface area (Å²) < 4.78 is 17.1. The average molecular weight is 477 g/mol. The van der Waals surface area contributed by atoms with Gasteiger partial charge in [-0.15, -0.1) is 0 Å². The molecule has 1 aromatic heterocycles. The van der Waals surface area contributed by atoms with E-state index in [4.69, 9.17) is 13.9 Å². The van der Waals surface area contributed by atoms with Crippen LogP contribution >= 0.6 is 0 Å². The highest BCUT2D eigenvalue weighted by Gasteiger charge is 2.25. The van der Waals surface area contributed by atoms with Crippen LogP contribution in [0, 0.1) is 5.92 Å². The Labute approximate surface area is 205 Å². The highest BCUT2D eigenvalue weighted by molar-refractivity contribution is 5.92. The average Bonchev–Trinajstić information content (AvgIpc) is 3.29. The van der Waals surface area contributed by atoms with Gasteiger partial charge in [0.15, 0.2) is 5.76 Å². The fraction of sp³-hybridized carbons (Fsp3) is 0.393. The maximum absolute atomic E-state index is 13.3. The molecule has 184 valence electrons. The SMILES string of the molecule is COc1ccc(-c2ccc(C(=O)N3CCOc4ccc(CN5CCCC(CO)C5)cc4C3)o2)cc1. The number of amides is 1. The number of ether oxygens (including phenoxy) is 2. The van der Waals surface area contributed by atoms with Crippen molar-refractivity contribution in [1.82, 2.24) is 9.80 Å². The monoisotopic (exact) mass is 476 g/mol. The summed E-state index contributed by atoms with van der Waals surface area (Å²) in [5.41, 5.74) is 3.09. The van der Waals surface area contributed by atoms with Gasteiger partial charge in [-0.3, -0.25) is 9.69 Å². The molecule has 0 radical (unpaired) electrons. The second-order valence-electron chi connectivity index (χ2n) is 9.34. The van der Waals surface area contributed by atoms with Crippen LogP contribution in [0.3, 0.4) is 0 Å². The summed E-state index contributed by atoms with van der Waals surface area (Å²) in [6.45, 7) is 4.45. The normalized spacial score (nSPS) is 18.5. The van der Waals surface area contributed by atoms with E-state index in [1.807, 2.05) is 36.4 Å². The molecule has 1 atom stereocenters. The summed E-state index contributed by atoms with van der Waals surface area (Å²) in [6, 6.07) is 17.4. The molecule has 3 heterocycles. The van der Waals surface area contributed by atoms with Crippen molar-refractivity contribution >= 4 is 5.91 Å². The number of methoxy groups -OCH3 is 1. The standard InChI is InChI=1S/C28H32N2O5/c1-33-24-7-5-22(6-8-24)26-10-11-27(35-26)28(32)30-13-14-34-25-9-4-20(15-23(25)18-30)16-29-12-2-3-21(17-29)19-31/h4-11,15,21,31H,2-3,12-14,16-19H2,1H3. The zero-order chi connectivity index (χ0) is 24.2. The van der Waals surface area contributed by atoms with E-state index in [9.17, 15) is 9.90 Å². The fourth-order valence-electron chi connectivity index (χ4n) is 4.94. The molecule has 1 fully saturated rings. The van der Waals surface area contributed by atoms with Crippen LogP contribution in [-0.2, 0) is 13.1 Å². The highest BCUT2D eigenvalue weighted by atomic mass is 16.5. The lowest BCUT2D eigenvalue weighted by Crippen LogP contribution is -2.36. The van der Waals surface area contributed by atoms with Crippen LogP contribution in [0.25, 0.3) is 11.3 Å². The molecule has 7 heteroatoms. The fourth-order valence-corrected chi connectivity index (χ4v) is 4.94. The number of piperidine rings is 1. The lowest BCUT2D eigenvalue weighted by molar-refractivity contribution is 0.0702. The van der Waals surface area contributed by atoms with Gasteiger partial charge < -0.3 is 23.9 Å². The number of aliphatic hydroxyl groups excluding tert-OH is 1. The summed E-state index contributed by atoms with van der Waals surface area (Å²) in [5.74, 6) is 2.78. The number of furan rings is 1. The minimum absolute atomic E-state index is 0.145. The molecule has 1 amide bonds. The van der Waals surface area contributed by atoms with Gasteiger partial charge >= 0.3 is 0 Å². The van der Waals surface area contributed by atoms with Gasteiger partial charge in [0.05, 0.1) is 13.7 Å². The van der Waals surface area contributed by atoms with Gasteiger partial charge in [0.25, 0.3) is 5.91 Å². The molecule has 3 aromatic rings. The lowest BCUT2D eigenvalue weighted by Gasteiger charge is -2.32. The Hall–Kier alpha value is -3.29. The van der Waals surface area contributed by atoms with Crippen LogP contribution < -0.4 is 9.47 Å². The minimum Gasteiger partial charge on any atom is -0.497 e. The Bertz CT molecular complexity index is 1160. The van der Waals surface area contributed by atoms with Crippen molar-refractivity contribution in [3.8, 4) is 22.8 Å². The predicted octanol–water partition coefficient (Wildman–Crippen LogP) is 4.19. The smallest absolute Gasteiger partial charge is 0.290 e. The topological polar surface area (TPSA) is 75.4 Å². The van der Waals surface area contributed by atoms with Gasteiger partial charge in [0.2, 0.25) is 0 Å². The van der Waals surface area contributed by atoms with Gasteiger partial charge in [0, 0.05) is 37.4 Å². The van der Waals surface area contributed by atoms with E-state index in [1.54, 1.807) is 18.1 Å². The van der Waals surface area contributed by atoms with Crippen LogP contribution in [0.15, 0.2) is 59.0 Å². The first kappa shape index (κ1) is 23.5. The molecule has 35 heavy (non-hydrogen) atoms. The number of carbonyl (C=O) groups excluding carboxylic acids is 1. The maximum atomic E-state index is 13.3. The van der Waals surface area contributed by atoms with E-state index >= 15 is 0 Å². The first-order chi connectivity index (χ1) is 17.1. The zero-order valence-electron chi connectivity index (χ0n) is 20.1. The number of likely N-dealkylation sites (tertiary alicyclic amines) is 1. The van der Waals surface area contributed by atoms with Crippen molar-refractivity contribution in [3.63, 3.8) is 0 Å². The summed E-state index contributed by atoms with van der Waals surface area (Å²) in [7, 11) is 1.63. The maximum Gasteiger partial charge on any atom is 0.290 e. The summed E-state index contributed by atoms with van der Waals surface area (Å²) >= 11 is 0. The second-order valence-corrected chi connectivity index (χ2v) is 9.34. The number of aliphatic hydroxyl groups is 1. The van der Waals surface area contributed by atoms with Crippen molar-refractivity contribution in [1.29, 1.82) is 0 Å². The number of hydrogen-bond donors (Lipinski definition) is 1. The van der Waals surface area contributed by atoms with Gasteiger partial charge in [-0.25, -0.2) is 0 Å². The van der Waals surface area contributed by atoms with E-state index in [1.165, 1.54) is 5.56 Å². The van der Waals surface area contributed by atoms with Crippen molar-refractivity contribution < 1.29 is 23.8 Å². The molecule has 7 nitrogen and oxygen atoms in total. The van der Waals surface area contributed by atoms with E-state index < -0.39 is 0 Å². The van der Waals surface area contributed by atoms with Crippen LogP contribution in [-0.4, -0.2) is 60.8 Å². The summed E-state index contributed by atoms with van der Waals surface area (Å²) in [5, 5.41) is 9.53. The number of hydrogen-bond acceptors (Lipinski definition) is 6. The Kier molecular flexibility index (Phi) is 7.06. The number of nitrogens with zero attached hydrogens (tertiary/aromatic N) is 2.